The lowest BCUT2D eigenvalue weighted by Gasteiger charge is -2.01. The number of sulfone groups is 1. The summed E-state index contributed by atoms with van der Waals surface area (Å²) in [6, 6.07) is 6.53. The number of amidine groups is 1. The molecular formula is C9H12N2O2S2. The van der Waals surface area contributed by atoms with E-state index in [9.17, 15) is 8.42 Å². The van der Waals surface area contributed by atoms with Gasteiger partial charge < -0.3 is 5.73 Å². The van der Waals surface area contributed by atoms with Crippen LogP contribution >= 0.6 is 11.8 Å². The lowest BCUT2D eigenvalue weighted by atomic mass is 10.4. The highest BCUT2D eigenvalue weighted by atomic mass is 32.2. The summed E-state index contributed by atoms with van der Waals surface area (Å²) in [6.07, 6.45) is 1.17. The van der Waals surface area contributed by atoms with Gasteiger partial charge in [0, 0.05) is 11.2 Å². The van der Waals surface area contributed by atoms with E-state index in [-0.39, 0.29) is 5.84 Å². The van der Waals surface area contributed by atoms with Crippen molar-refractivity contribution in [2.24, 2.45) is 5.73 Å². The van der Waals surface area contributed by atoms with Crippen LogP contribution in [0.2, 0.25) is 0 Å². The highest BCUT2D eigenvalue weighted by Gasteiger charge is 2.06. The number of thioether (sulfide) groups is 1. The molecule has 0 aromatic heterocycles. The summed E-state index contributed by atoms with van der Waals surface area (Å²) >= 11 is 1.40. The Balaban J connectivity index is 2.77. The molecule has 0 spiro atoms. The zero-order chi connectivity index (χ0) is 11.5. The predicted octanol–water partition coefficient (Wildman–Crippen LogP) is 1.12. The first-order chi connectivity index (χ1) is 6.89. The normalized spacial score (nSPS) is 11.3. The van der Waals surface area contributed by atoms with E-state index < -0.39 is 9.84 Å². The molecule has 0 aliphatic heterocycles. The Morgan fingerprint density at radius 1 is 1.40 bits per heavy atom. The van der Waals surface area contributed by atoms with Crippen molar-refractivity contribution in [3.05, 3.63) is 24.3 Å². The fraction of sp³-hybridized carbons (Fsp3) is 0.222. The van der Waals surface area contributed by atoms with Crippen LogP contribution in [0.1, 0.15) is 0 Å². The van der Waals surface area contributed by atoms with Gasteiger partial charge in [-0.3, -0.25) is 5.41 Å². The van der Waals surface area contributed by atoms with Crippen molar-refractivity contribution in [1.82, 2.24) is 0 Å². The first-order valence-corrected chi connectivity index (χ1v) is 7.03. The van der Waals surface area contributed by atoms with E-state index >= 15 is 0 Å². The second-order valence-electron chi connectivity index (χ2n) is 3.06. The molecule has 0 bridgehead atoms. The molecule has 82 valence electrons. The van der Waals surface area contributed by atoms with E-state index in [1.165, 1.54) is 18.0 Å². The molecule has 0 atom stereocenters. The fourth-order valence-electron chi connectivity index (χ4n) is 0.944. The summed E-state index contributed by atoms with van der Waals surface area (Å²) in [5.74, 6) is 0.519. The van der Waals surface area contributed by atoms with Crippen molar-refractivity contribution < 1.29 is 8.42 Å². The standard InChI is InChI=1S/C9H12N2O2S2/c1-15(12,13)8-4-2-7(3-5-8)14-6-9(10)11/h2-5H,6H2,1H3,(H3,10,11). The maximum Gasteiger partial charge on any atom is 0.175 e. The van der Waals surface area contributed by atoms with Crippen LogP contribution in [0.5, 0.6) is 0 Å². The van der Waals surface area contributed by atoms with E-state index in [1.807, 2.05) is 0 Å². The maximum absolute atomic E-state index is 11.1. The van der Waals surface area contributed by atoms with Crippen LogP contribution in [0.25, 0.3) is 0 Å². The average molecular weight is 244 g/mol. The van der Waals surface area contributed by atoms with Gasteiger partial charge in [-0.05, 0) is 24.3 Å². The zero-order valence-corrected chi connectivity index (χ0v) is 9.86. The van der Waals surface area contributed by atoms with E-state index in [1.54, 1.807) is 24.3 Å². The van der Waals surface area contributed by atoms with Crippen molar-refractivity contribution in [2.75, 3.05) is 12.0 Å². The molecule has 0 saturated heterocycles. The second kappa shape index (κ2) is 4.67. The molecule has 1 rings (SSSR count). The molecule has 3 N–H and O–H groups in total. The van der Waals surface area contributed by atoms with Gasteiger partial charge in [-0.25, -0.2) is 8.42 Å². The van der Waals surface area contributed by atoms with E-state index in [2.05, 4.69) is 0 Å². The Bertz CT molecular complexity index is 452. The SMILES string of the molecule is CS(=O)(=O)c1ccc(SCC(=N)N)cc1. The number of benzene rings is 1. The van der Waals surface area contributed by atoms with Crippen LogP contribution < -0.4 is 5.73 Å². The largest absolute Gasteiger partial charge is 0.387 e. The molecule has 0 saturated carbocycles. The van der Waals surface area contributed by atoms with E-state index in [0.717, 1.165) is 4.90 Å². The van der Waals surface area contributed by atoms with Gasteiger partial charge in [0.2, 0.25) is 0 Å². The molecule has 0 amide bonds. The van der Waals surface area contributed by atoms with Crippen molar-refractivity contribution in [3.8, 4) is 0 Å². The topological polar surface area (TPSA) is 84.0 Å². The summed E-state index contributed by atoms with van der Waals surface area (Å²) in [5.41, 5.74) is 5.21. The van der Waals surface area contributed by atoms with Gasteiger partial charge in [0.25, 0.3) is 0 Å². The smallest absolute Gasteiger partial charge is 0.175 e. The minimum absolute atomic E-state index is 0.104. The van der Waals surface area contributed by atoms with Crippen LogP contribution in [0, 0.1) is 5.41 Å². The summed E-state index contributed by atoms with van der Waals surface area (Å²) in [4.78, 5) is 1.20. The Morgan fingerprint density at radius 2 is 1.93 bits per heavy atom. The molecule has 0 radical (unpaired) electrons. The fourth-order valence-corrected chi connectivity index (χ4v) is 2.23. The highest BCUT2D eigenvalue weighted by molar-refractivity contribution is 8.00. The van der Waals surface area contributed by atoms with Crippen LogP contribution in [0.4, 0.5) is 0 Å². The summed E-state index contributed by atoms with van der Waals surface area (Å²) in [5, 5.41) is 7.05. The van der Waals surface area contributed by atoms with Gasteiger partial charge in [0.05, 0.1) is 10.6 Å². The molecule has 0 fully saturated rings. The number of rotatable bonds is 4. The predicted molar refractivity (Wildman–Crippen MR) is 62.2 cm³/mol. The van der Waals surface area contributed by atoms with E-state index in [4.69, 9.17) is 11.1 Å². The van der Waals surface area contributed by atoms with Gasteiger partial charge >= 0.3 is 0 Å². The van der Waals surface area contributed by atoms with Crippen molar-refractivity contribution in [3.63, 3.8) is 0 Å². The average Bonchev–Trinajstić information content (AvgIpc) is 2.14. The molecule has 0 aliphatic carbocycles. The molecule has 15 heavy (non-hydrogen) atoms. The monoisotopic (exact) mass is 244 g/mol. The Labute approximate surface area is 93.3 Å². The van der Waals surface area contributed by atoms with Gasteiger partial charge in [-0.2, -0.15) is 0 Å². The molecule has 0 heterocycles. The third kappa shape index (κ3) is 3.93. The third-order valence-electron chi connectivity index (χ3n) is 1.65. The van der Waals surface area contributed by atoms with Crippen LogP contribution in [-0.2, 0) is 9.84 Å². The number of nitrogens with one attached hydrogen (secondary N) is 1. The summed E-state index contributed by atoms with van der Waals surface area (Å²) in [6.45, 7) is 0. The number of hydrogen-bond acceptors (Lipinski definition) is 4. The minimum atomic E-state index is -3.13. The molecule has 1 aromatic carbocycles. The Morgan fingerprint density at radius 3 is 2.33 bits per heavy atom. The number of nitrogens with two attached hydrogens (primary N) is 1. The summed E-state index contributed by atoms with van der Waals surface area (Å²) < 4.78 is 22.3. The van der Waals surface area contributed by atoms with Crippen molar-refractivity contribution >= 4 is 27.4 Å². The first-order valence-electron chi connectivity index (χ1n) is 4.15. The van der Waals surface area contributed by atoms with Gasteiger partial charge in [0.15, 0.2) is 9.84 Å². The van der Waals surface area contributed by atoms with Gasteiger partial charge in [-0.15, -0.1) is 11.8 Å². The van der Waals surface area contributed by atoms with Crippen LogP contribution in [0.15, 0.2) is 34.1 Å². The van der Waals surface area contributed by atoms with E-state index in [0.29, 0.717) is 10.6 Å². The van der Waals surface area contributed by atoms with Crippen molar-refractivity contribution in [2.45, 2.75) is 9.79 Å². The molecule has 0 aliphatic rings. The minimum Gasteiger partial charge on any atom is -0.387 e. The molecule has 6 heteroatoms. The first kappa shape index (κ1) is 12.1. The Kier molecular flexibility index (Phi) is 3.76. The lowest BCUT2D eigenvalue weighted by Crippen LogP contribution is -2.11. The number of hydrogen-bond donors (Lipinski definition) is 2. The third-order valence-corrected chi connectivity index (χ3v) is 3.84. The highest BCUT2D eigenvalue weighted by Crippen LogP contribution is 2.19. The molecule has 1 aromatic rings. The summed E-state index contributed by atoms with van der Waals surface area (Å²) in [7, 11) is -3.13. The zero-order valence-electron chi connectivity index (χ0n) is 8.23. The van der Waals surface area contributed by atoms with Crippen LogP contribution in [-0.4, -0.2) is 26.3 Å². The molecule has 0 unspecified atom stereocenters. The Hall–Kier alpha value is -1.01. The quantitative estimate of drug-likeness (QED) is 0.472. The van der Waals surface area contributed by atoms with Gasteiger partial charge in [-0.1, -0.05) is 0 Å². The van der Waals surface area contributed by atoms with Crippen molar-refractivity contribution in [1.29, 1.82) is 5.41 Å². The lowest BCUT2D eigenvalue weighted by molar-refractivity contribution is 0.602. The maximum atomic E-state index is 11.1. The molecular weight excluding hydrogens is 232 g/mol. The van der Waals surface area contributed by atoms with Gasteiger partial charge in [0.1, 0.15) is 5.84 Å². The molecule has 4 nitrogen and oxygen atoms in total. The van der Waals surface area contributed by atoms with Crippen LogP contribution in [0.3, 0.4) is 0 Å². The second-order valence-corrected chi connectivity index (χ2v) is 6.12.